The zero-order chi connectivity index (χ0) is 30.8. The molecule has 0 radical (unpaired) electrons. The molecular weight excluding hydrogens is 571 g/mol. The second-order valence-corrected chi connectivity index (χ2v) is 10.9. The molecule has 4 heterocycles. The number of anilines is 1. The van der Waals surface area contributed by atoms with Gasteiger partial charge in [0.15, 0.2) is 5.82 Å². The zero-order valence-corrected chi connectivity index (χ0v) is 24.2. The predicted molar refractivity (Wildman–Crippen MR) is 161 cm³/mol. The monoisotopic (exact) mass is 601 g/mol. The first-order valence-electron chi connectivity index (χ1n) is 14.1. The Morgan fingerprint density at radius 3 is 2.61 bits per heavy atom. The third-order valence-electron chi connectivity index (χ3n) is 7.54. The summed E-state index contributed by atoms with van der Waals surface area (Å²) in [4.78, 5) is 34.1. The summed E-state index contributed by atoms with van der Waals surface area (Å²) in [5, 5.41) is 2.68. The van der Waals surface area contributed by atoms with Crippen LogP contribution in [-0.4, -0.2) is 68.9 Å². The summed E-state index contributed by atoms with van der Waals surface area (Å²) in [6.07, 6.45) is 0.468. The fourth-order valence-corrected chi connectivity index (χ4v) is 5.12. The van der Waals surface area contributed by atoms with Crippen molar-refractivity contribution < 1.29 is 22.7 Å². The molecule has 44 heavy (non-hydrogen) atoms. The van der Waals surface area contributed by atoms with Crippen LogP contribution in [0.25, 0.3) is 22.4 Å². The maximum Gasteiger partial charge on any atom is 0.416 e. The summed E-state index contributed by atoms with van der Waals surface area (Å²) in [5.74, 6) is 0.441. The van der Waals surface area contributed by atoms with Gasteiger partial charge in [-0.1, -0.05) is 6.07 Å². The van der Waals surface area contributed by atoms with Crippen LogP contribution in [0, 0.1) is 6.92 Å². The molecule has 1 aliphatic rings. The van der Waals surface area contributed by atoms with E-state index in [1.807, 2.05) is 13.1 Å². The molecule has 5 aromatic rings. The molecule has 0 spiro atoms. The number of rotatable bonds is 7. The van der Waals surface area contributed by atoms with Crippen molar-refractivity contribution in [1.82, 2.24) is 29.7 Å². The lowest BCUT2D eigenvalue weighted by Gasteiger charge is -2.32. The summed E-state index contributed by atoms with van der Waals surface area (Å²) in [6, 6.07) is 14.1. The van der Waals surface area contributed by atoms with Crippen LogP contribution >= 0.6 is 0 Å². The maximum atomic E-state index is 13.8. The highest BCUT2D eigenvalue weighted by atomic mass is 19.4. The molecule has 1 amide bonds. The molecular formula is C32H30F3N7O2. The lowest BCUT2D eigenvalue weighted by atomic mass is 10.1. The van der Waals surface area contributed by atoms with Gasteiger partial charge in [-0.3, -0.25) is 14.7 Å². The minimum atomic E-state index is -4.56. The van der Waals surface area contributed by atoms with E-state index < -0.39 is 17.6 Å². The number of piperazine rings is 1. The first-order chi connectivity index (χ1) is 21.1. The molecule has 2 aromatic carbocycles. The van der Waals surface area contributed by atoms with Crippen LogP contribution in [0.4, 0.5) is 18.9 Å². The number of carbonyl (C=O) groups is 1. The number of fused-ring (bicyclic) bond motifs is 1. The van der Waals surface area contributed by atoms with E-state index in [0.29, 0.717) is 45.8 Å². The van der Waals surface area contributed by atoms with Crippen LogP contribution in [0.2, 0.25) is 0 Å². The molecule has 0 bridgehead atoms. The van der Waals surface area contributed by atoms with Crippen LogP contribution in [0.15, 0.2) is 73.2 Å². The molecule has 12 heteroatoms. The number of aromatic amines is 1. The quantitative estimate of drug-likeness (QED) is 0.231. The van der Waals surface area contributed by atoms with E-state index in [0.717, 1.165) is 38.3 Å². The van der Waals surface area contributed by atoms with Gasteiger partial charge in [0.2, 0.25) is 5.88 Å². The van der Waals surface area contributed by atoms with Gasteiger partial charge in [-0.05, 0) is 73.6 Å². The van der Waals surface area contributed by atoms with Crippen LogP contribution in [0.3, 0.4) is 0 Å². The molecule has 0 aliphatic carbocycles. The van der Waals surface area contributed by atoms with Crippen molar-refractivity contribution in [2.45, 2.75) is 19.6 Å². The molecule has 0 atom stereocenters. The molecule has 226 valence electrons. The van der Waals surface area contributed by atoms with Crippen LogP contribution in [0.1, 0.15) is 27.0 Å². The number of nitrogens with zero attached hydrogens (tertiary/aromatic N) is 5. The molecule has 0 unspecified atom stereocenters. The van der Waals surface area contributed by atoms with Crippen molar-refractivity contribution in [3.05, 3.63) is 95.4 Å². The third-order valence-corrected chi connectivity index (χ3v) is 7.54. The zero-order valence-electron chi connectivity index (χ0n) is 24.2. The average molecular weight is 602 g/mol. The summed E-state index contributed by atoms with van der Waals surface area (Å²) in [6.45, 7) is 5.30. The smallest absolute Gasteiger partial charge is 0.416 e. The maximum absolute atomic E-state index is 13.8. The summed E-state index contributed by atoms with van der Waals surface area (Å²) < 4.78 is 47.6. The highest BCUT2D eigenvalue weighted by Gasteiger charge is 2.32. The van der Waals surface area contributed by atoms with Gasteiger partial charge in [-0.2, -0.15) is 18.2 Å². The van der Waals surface area contributed by atoms with E-state index in [-0.39, 0.29) is 17.1 Å². The van der Waals surface area contributed by atoms with Gasteiger partial charge in [-0.25, -0.2) is 4.98 Å². The average Bonchev–Trinajstić information content (AvgIpc) is 3.48. The number of H-pyrrole nitrogens is 1. The molecule has 9 nitrogen and oxygen atoms in total. The van der Waals surface area contributed by atoms with E-state index >= 15 is 0 Å². The van der Waals surface area contributed by atoms with Gasteiger partial charge < -0.3 is 19.9 Å². The number of ether oxygens (including phenoxy) is 1. The molecule has 0 saturated carbocycles. The molecule has 1 fully saturated rings. The standard InChI is InChI=1S/C32H30F3N7O2/c1-20-5-6-25(44-31-28-27(7-9-37-28)39-29(40-31)22-4-3-8-36-18-22)17-26(20)30(43)38-24-15-21(14-23(16-24)32(33,34)35)19-42-12-10-41(2)11-13-42/h3-9,14-18,37H,10-13,19H2,1-2H3,(H,38,43). The Bertz CT molecular complexity index is 1800. The Balaban J connectivity index is 1.26. The van der Waals surface area contributed by atoms with Gasteiger partial charge >= 0.3 is 6.18 Å². The van der Waals surface area contributed by atoms with Crippen molar-refractivity contribution in [3.8, 4) is 23.0 Å². The van der Waals surface area contributed by atoms with Crippen molar-refractivity contribution in [1.29, 1.82) is 0 Å². The first kappa shape index (κ1) is 29.3. The van der Waals surface area contributed by atoms with E-state index in [2.05, 4.69) is 35.1 Å². The predicted octanol–water partition coefficient (Wildman–Crippen LogP) is 6.14. The highest BCUT2D eigenvalue weighted by Crippen LogP contribution is 2.34. The first-order valence-corrected chi connectivity index (χ1v) is 14.1. The summed E-state index contributed by atoms with van der Waals surface area (Å²) in [5.41, 5.74) is 2.54. The number of aromatic nitrogens is 4. The number of aryl methyl sites for hydroxylation is 1. The Labute approximate surface area is 251 Å². The molecule has 3 aromatic heterocycles. The normalized spacial score (nSPS) is 14.6. The number of likely N-dealkylation sites (N-methyl/N-ethyl adjacent to an activating group) is 1. The Hall–Kier alpha value is -4.81. The number of benzene rings is 2. The Morgan fingerprint density at radius 1 is 1.05 bits per heavy atom. The van der Waals surface area contributed by atoms with Crippen LogP contribution in [0.5, 0.6) is 11.6 Å². The van der Waals surface area contributed by atoms with Gasteiger partial charge in [0.1, 0.15) is 11.3 Å². The van der Waals surface area contributed by atoms with Crippen LogP contribution < -0.4 is 10.1 Å². The van der Waals surface area contributed by atoms with Gasteiger partial charge in [-0.15, -0.1) is 0 Å². The number of pyridine rings is 1. The number of hydrogen-bond donors (Lipinski definition) is 2. The van der Waals surface area contributed by atoms with Crippen LogP contribution in [-0.2, 0) is 12.7 Å². The highest BCUT2D eigenvalue weighted by molar-refractivity contribution is 6.05. The number of nitrogens with one attached hydrogen (secondary N) is 2. The van der Waals surface area contributed by atoms with E-state index in [4.69, 9.17) is 4.74 Å². The third kappa shape index (κ3) is 6.56. The molecule has 1 saturated heterocycles. The summed E-state index contributed by atoms with van der Waals surface area (Å²) in [7, 11) is 2.02. The SMILES string of the molecule is Cc1ccc(Oc2nc(-c3cccnc3)nc3cc[nH]c23)cc1C(=O)Nc1cc(CN2CCN(C)CC2)cc(C(F)(F)F)c1. The minimum Gasteiger partial charge on any atom is -0.437 e. The molecule has 6 rings (SSSR count). The van der Waals surface area contributed by atoms with E-state index in [9.17, 15) is 18.0 Å². The Morgan fingerprint density at radius 2 is 1.86 bits per heavy atom. The second-order valence-electron chi connectivity index (χ2n) is 10.9. The molecule has 2 N–H and O–H groups in total. The number of amides is 1. The van der Waals surface area contributed by atoms with Crippen molar-refractivity contribution >= 4 is 22.6 Å². The lowest BCUT2D eigenvalue weighted by molar-refractivity contribution is -0.137. The topological polar surface area (TPSA) is 99.3 Å². The van der Waals surface area contributed by atoms with Crippen molar-refractivity contribution in [2.24, 2.45) is 0 Å². The number of carbonyl (C=O) groups excluding carboxylic acids is 1. The number of hydrogen-bond acceptors (Lipinski definition) is 7. The largest absolute Gasteiger partial charge is 0.437 e. The Kier molecular flexibility index (Phi) is 8.02. The summed E-state index contributed by atoms with van der Waals surface area (Å²) >= 11 is 0. The van der Waals surface area contributed by atoms with Gasteiger partial charge in [0.05, 0.1) is 11.1 Å². The van der Waals surface area contributed by atoms with Crippen molar-refractivity contribution in [2.75, 3.05) is 38.5 Å². The number of halogens is 3. The van der Waals surface area contributed by atoms with Crippen molar-refractivity contribution in [3.63, 3.8) is 0 Å². The minimum absolute atomic E-state index is 0.0738. The fraction of sp³-hybridized carbons (Fsp3) is 0.250. The number of alkyl halides is 3. The van der Waals surface area contributed by atoms with E-state index in [1.54, 1.807) is 61.9 Å². The van der Waals surface area contributed by atoms with Gasteiger partial charge in [0, 0.05) is 68.1 Å². The lowest BCUT2D eigenvalue weighted by Crippen LogP contribution is -2.43. The van der Waals surface area contributed by atoms with E-state index in [1.165, 1.54) is 0 Å². The van der Waals surface area contributed by atoms with Gasteiger partial charge in [0.25, 0.3) is 5.91 Å². The second kappa shape index (κ2) is 12.1. The molecule has 1 aliphatic heterocycles. The fourth-order valence-electron chi connectivity index (χ4n) is 5.12.